The van der Waals surface area contributed by atoms with Crippen LogP contribution in [0.2, 0.25) is 0 Å². The molecule has 0 saturated carbocycles. The van der Waals surface area contributed by atoms with Crippen molar-refractivity contribution < 1.29 is 8.42 Å². The third kappa shape index (κ3) is 4.47. The summed E-state index contributed by atoms with van der Waals surface area (Å²) >= 11 is 0. The van der Waals surface area contributed by atoms with Crippen LogP contribution < -0.4 is 5.32 Å². The maximum atomic E-state index is 11.4. The molecular weight excluding hydrogens is 238 g/mol. The van der Waals surface area contributed by atoms with Crippen molar-refractivity contribution in [1.29, 1.82) is 0 Å². The van der Waals surface area contributed by atoms with Crippen LogP contribution in [0.5, 0.6) is 0 Å². The Labute approximate surface area is 103 Å². The second-order valence-corrected chi connectivity index (χ2v) is 6.37. The lowest BCUT2D eigenvalue weighted by Gasteiger charge is -2.18. The minimum atomic E-state index is -3.02. The van der Waals surface area contributed by atoms with Gasteiger partial charge in [0, 0.05) is 25.2 Å². The first kappa shape index (κ1) is 14.2. The summed E-state index contributed by atoms with van der Waals surface area (Å²) in [6.45, 7) is 5.63. The van der Waals surface area contributed by atoms with Gasteiger partial charge in [0.2, 0.25) is 0 Å². The van der Waals surface area contributed by atoms with Crippen molar-refractivity contribution in [3.8, 4) is 0 Å². The van der Waals surface area contributed by atoms with E-state index < -0.39 is 9.84 Å². The zero-order valence-electron chi connectivity index (χ0n) is 10.7. The third-order valence-corrected chi connectivity index (χ3v) is 3.38. The molecule has 0 aliphatic carbocycles. The molecule has 0 fully saturated rings. The fourth-order valence-corrected chi connectivity index (χ4v) is 2.71. The third-order valence-electron chi connectivity index (χ3n) is 2.44. The van der Waals surface area contributed by atoms with Crippen molar-refractivity contribution in [2.75, 3.05) is 18.6 Å². The van der Waals surface area contributed by atoms with Crippen LogP contribution in [-0.2, 0) is 16.4 Å². The molecular formula is C11H21N3O2S. The molecule has 98 valence electrons. The molecule has 1 unspecified atom stereocenters. The van der Waals surface area contributed by atoms with E-state index in [9.17, 15) is 8.42 Å². The topological polar surface area (TPSA) is 64.0 Å². The minimum Gasteiger partial charge on any atom is -0.334 e. The lowest BCUT2D eigenvalue weighted by molar-refractivity contribution is 0.513. The summed E-state index contributed by atoms with van der Waals surface area (Å²) in [5.74, 6) is 0.890. The molecule has 1 aromatic heterocycles. The second kappa shape index (κ2) is 6.16. The normalized spacial score (nSPS) is 13.8. The van der Waals surface area contributed by atoms with Gasteiger partial charge in [0.25, 0.3) is 0 Å². The Morgan fingerprint density at radius 1 is 1.47 bits per heavy atom. The Hall–Kier alpha value is -0.880. The zero-order valence-corrected chi connectivity index (χ0v) is 11.5. The second-order valence-electron chi connectivity index (χ2n) is 4.18. The van der Waals surface area contributed by atoms with Gasteiger partial charge in [-0.3, -0.25) is 0 Å². The van der Waals surface area contributed by atoms with E-state index in [1.54, 1.807) is 6.20 Å². The van der Waals surface area contributed by atoms with Gasteiger partial charge in [-0.2, -0.15) is 0 Å². The van der Waals surface area contributed by atoms with Crippen molar-refractivity contribution in [3.05, 3.63) is 18.2 Å². The molecule has 0 bridgehead atoms. The highest BCUT2D eigenvalue weighted by molar-refractivity contribution is 7.90. The van der Waals surface area contributed by atoms with E-state index in [2.05, 4.69) is 17.2 Å². The van der Waals surface area contributed by atoms with Crippen molar-refractivity contribution >= 4 is 9.84 Å². The van der Waals surface area contributed by atoms with E-state index in [4.69, 9.17) is 0 Å². The maximum absolute atomic E-state index is 11.4. The van der Waals surface area contributed by atoms with Crippen molar-refractivity contribution in [2.45, 2.75) is 32.9 Å². The first-order valence-electron chi connectivity index (χ1n) is 5.90. The lowest BCUT2D eigenvalue weighted by Crippen LogP contribution is -2.30. The Bertz CT molecular complexity index is 439. The number of imidazole rings is 1. The molecule has 0 aliphatic heterocycles. The summed E-state index contributed by atoms with van der Waals surface area (Å²) < 4.78 is 24.8. The monoisotopic (exact) mass is 259 g/mol. The molecule has 17 heavy (non-hydrogen) atoms. The fraction of sp³-hybridized carbons (Fsp3) is 0.727. The average Bonchev–Trinajstić information content (AvgIpc) is 2.64. The summed E-state index contributed by atoms with van der Waals surface area (Å²) in [6.07, 6.45) is 5.87. The van der Waals surface area contributed by atoms with Gasteiger partial charge in [-0.15, -0.1) is 0 Å². The van der Waals surface area contributed by atoms with E-state index in [1.807, 2.05) is 17.7 Å². The number of hydrogen-bond acceptors (Lipinski definition) is 4. The van der Waals surface area contributed by atoms with E-state index >= 15 is 0 Å². The number of aromatic nitrogens is 2. The molecule has 0 aliphatic rings. The molecule has 6 heteroatoms. The van der Waals surface area contributed by atoms with Gasteiger partial charge in [0.1, 0.15) is 15.7 Å². The zero-order chi connectivity index (χ0) is 12.9. The summed E-state index contributed by atoms with van der Waals surface area (Å²) in [6, 6.07) is -0.225. The Kier molecular flexibility index (Phi) is 5.14. The summed E-state index contributed by atoms with van der Waals surface area (Å²) in [5, 5.41) is 3.18. The Morgan fingerprint density at radius 2 is 2.18 bits per heavy atom. The van der Waals surface area contributed by atoms with Gasteiger partial charge in [-0.1, -0.05) is 13.8 Å². The van der Waals surface area contributed by atoms with Gasteiger partial charge in [0.05, 0.1) is 11.8 Å². The van der Waals surface area contributed by atoms with Crippen LogP contribution in [0.4, 0.5) is 0 Å². The van der Waals surface area contributed by atoms with E-state index in [0.717, 1.165) is 25.3 Å². The number of rotatable bonds is 7. The van der Waals surface area contributed by atoms with Crippen LogP contribution >= 0.6 is 0 Å². The number of hydrogen-bond donors (Lipinski definition) is 1. The molecule has 1 N–H and O–H groups in total. The largest absolute Gasteiger partial charge is 0.334 e. The van der Waals surface area contributed by atoms with Gasteiger partial charge < -0.3 is 9.88 Å². The SMILES string of the molecule is CCCn1ccnc1C(CS(C)(=O)=O)NCC. The summed E-state index contributed by atoms with van der Waals surface area (Å²) in [7, 11) is -3.02. The van der Waals surface area contributed by atoms with Crippen LogP contribution in [0.15, 0.2) is 12.4 Å². The van der Waals surface area contributed by atoms with Gasteiger partial charge in [-0.25, -0.2) is 13.4 Å². The van der Waals surface area contributed by atoms with Crippen molar-refractivity contribution in [3.63, 3.8) is 0 Å². The highest BCUT2D eigenvalue weighted by atomic mass is 32.2. The molecule has 0 spiro atoms. The number of sulfone groups is 1. The van der Waals surface area contributed by atoms with Crippen LogP contribution in [-0.4, -0.2) is 36.5 Å². The predicted molar refractivity (Wildman–Crippen MR) is 68.6 cm³/mol. The van der Waals surface area contributed by atoms with Crippen molar-refractivity contribution in [1.82, 2.24) is 14.9 Å². The van der Waals surface area contributed by atoms with Crippen molar-refractivity contribution in [2.24, 2.45) is 0 Å². The fourth-order valence-electron chi connectivity index (χ4n) is 1.83. The van der Waals surface area contributed by atoms with Gasteiger partial charge in [-0.05, 0) is 13.0 Å². The molecule has 0 aromatic carbocycles. The minimum absolute atomic E-state index is 0.0849. The number of aryl methyl sites for hydroxylation is 1. The standard InChI is InChI=1S/C11H21N3O2S/c1-4-7-14-8-6-13-11(14)10(12-5-2)9-17(3,15)16/h6,8,10,12H,4-5,7,9H2,1-3H3. The van der Waals surface area contributed by atoms with Crippen LogP contribution in [0, 0.1) is 0 Å². The number of nitrogens with zero attached hydrogens (tertiary/aromatic N) is 2. The lowest BCUT2D eigenvalue weighted by atomic mass is 10.3. The predicted octanol–water partition coefficient (Wildman–Crippen LogP) is 0.988. The van der Waals surface area contributed by atoms with Crippen LogP contribution in [0.3, 0.4) is 0 Å². The van der Waals surface area contributed by atoms with E-state index in [0.29, 0.717) is 0 Å². The highest BCUT2D eigenvalue weighted by Gasteiger charge is 2.20. The molecule has 5 nitrogen and oxygen atoms in total. The Balaban J connectivity index is 2.92. The summed E-state index contributed by atoms with van der Waals surface area (Å²) in [5.41, 5.74) is 0. The maximum Gasteiger partial charge on any atom is 0.149 e. The van der Waals surface area contributed by atoms with Crippen LogP contribution in [0.25, 0.3) is 0 Å². The highest BCUT2D eigenvalue weighted by Crippen LogP contribution is 2.13. The molecule has 0 saturated heterocycles. The van der Waals surface area contributed by atoms with Crippen LogP contribution in [0.1, 0.15) is 32.1 Å². The first-order valence-corrected chi connectivity index (χ1v) is 7.96. The molecule has 1 aromatic rings. The van der Waals surface area contributed by atoms with E-state index in [1.165, 1.54) is 6.26 Å². The van der Waals surface area contributed by atoms with E-state index in [-0.39, 0.29) is 11.8 Å². The van der Waals surface area contributed by atoms with Gasteiger partial charge in [0.15, 0.2) is 0 Å². The average molecular weight is 259 g/mol. The first-order chi connectivity index (χ1) is 7.98. The summed E-state index contributed by atoms with van der Waals surface area (Å²) in [4.78, 5) is 4.27. The molecule has 1 atom stereocenters. The molecule has 1 rings (SSSR count). The van der Waals surface area contributed by atoms with Gasteiger partial charge >= 0.3 is 0 Å². The molecule has 1 heterocycles. The molecule has 0 amide bonds. The Morgan fingerprint density at radius 3 is 2.71 bits per heavy atom. The number of nitrogens with one attached hydrogen (secondary N) is 1. The quantitative estimate of drug-likeness (QED) is 0.793. The smallest absolute Gasteiger partial charge is 0.149 e. The molecule has 0 radical (unpaired) electrons.